The van der Waals surface area contributed by atoms with Gasteiger partial charge in [-0.15, -0.1) is 0 Å². The lowest BCUT2D eigenvalue weighted by Crippen LogP contribution is -2.58. The number of carbonyl (C=O) groups is 1. The van der Waals surface area contributed by atoms with Crippen molar-refractivity contribution in [2.45, 2.75) is 83.2 Å². The summed E-state index contributed by atoms with van der Waals surface area (Å²) in [6.45, 7) is 2.41. The van der Waals surface area contributed by atoms with Gasteiger partial charge in [0.1, 0.15) is 5.60 Å². The van der Waals surface area contributed by atoms with E-state index in [2.05, 4.69) is 13.0 Å². The van der Waals surface area contributed by atoms with Crippen LogP contribution in [-0.2, 0) is 9.53 Å². The zero-order valence-corrected chi connectivity index (χ0v) is 17.8. The van der Waals surface area contributed by atoms with E-state index in [1.54, 1.807) is 5.57 Å². The van der Waals surface area contributed by atoms with E-state index in [0.717, 1.165) is 60.0 Å². The third-order valence-corrected chi connectivity index (χ3v) is 11.1. The van der Waals surface area contributed by atoms with Crippen LogP contribution in [0.25, 0.3) is 0 Å². The highest BCUT2D eigenvalue weighted by molar-refractivity contribution is 5.93. The van der Waals surface area contributed by atoms with Crippen LogP contribution >= 0.6 is 0 Å². The molecule has 156 valence electrons. The molecule has 3 heteroatoms. The van der Waals surface area contributed by atoms with Crippen molar-refractivity contribution >= 4 is 11.7 Å². The van der Waals surface area contributed by atoms with Crippen LogP contribution in [0.3, 0.4) is 0 Å². The third kappa shape index (κ3) is 2.06. The Morgan fingerprint density at radius 1 is 1.10 bits per heavy atom. The fourth-order valence-corrected chi connectivity index (χ4v) is 10.1. The maximum Gasteiger partial charge on any atom is 0.306 e. The van der Waals surface area contributed by atoms with E-state index < -0.39 is 0 Å². The van der Waals surface area contributed by atoms with E-state index in [4.69, 9.17) is 10.1 Å². The van der Waals surface area contributed by atoms with Gasteiger partial charge in [-0.2, -0.15) is 0 Å². The minimum Gasteiger partial charge on any atom is -0.458 e. The molecular weight excluding hydrogens is 358 g/mol. The highest BCUT2D eigenvalue weighted by atomic mass is 16.6. The lowest BCUT2D eigenvalue weighted by atomic mass is 9.45. The van der Waals surface area contributed by atoms with Gasteiger partial charge in [-0.25, -0.2) is 0 Å². The molecule has 9 atom stereocenters. The summed E-state index contributed by atoms with van der Waals surface area (Å²) in [7, 11) is 0. The molecule has 1 aliphatic heterocycles. The van der Waals surface area contributed by atoms with Gasteiger partial charge in [0.15, 0.2) is 0 Å². The number of rotatable bonds is 2. The van der Waals surface area contributed by atoms with Crippen LogP contribution in [-0.4, -0.2) is 17.3 Å². The molecule has 7 rings (SSSR count). The van der Waals surface area contributed by atoms with Gasteiger partial charge < -0.3 is 10.1 Å². The summed E-state index contributed by atoms with van der Waals surface area (Å²) < 4.78 is 6.36. The van der Waals surface area contributed by atoms with Gasteiger partial charge in [-0.05, 0) is 112 Å². The first-order valence-corrected chi connectivity index (χ1v) is 12.6. The molecule has 0 aromatic heterocycles. The SMILES string of the molecule is CCC12CCC3C4CCC(=N)C=C4CC(C4CC4)C3C1C1CC1C21CCC(=O)O1. The Bertz CT molecular complexity index is 827. The van der Waals surface area contributed by atoms with Crippen molar-refractivity contribution in [1.29, 1.82) is 5.41 Å². The summed E-state index contributed by atoms with van der Waals surface area (Å²) in [4.78, 5) is 12.3. The number of ether oxygens (including phenoxy) is 1. The standard InChI is InChI=1S/C26H35NO2/c1-2-25-9-7-18-17-6-5-16(27)11-15(17)12-19(14-3-4-14)23(18)24(25)20-13-21(20)26(25)10-8-22(28)29-26/h11,14,17-21,23-24,27H,2-10,12-13H2,1H3. The van der Waals surface area contributed by atoms with Crippen LogP contribution in [0.15, 0.2) is 11.6 Å². The molecule has 1 heterocycles. The summed E-state index contributed by atoms with van der Waals surface area (Å²) in [5.74, 6) is 6.63. The molecule has 29 heavy (non-hydrogen) atoms. The van der Waals surface area contributed by atoms with Crippen molar-refractivity contribution in [3.8, 4) is 0 Å². The molecule has 0 amide bonds. The molecule has 5 saturated carbocycles. The predicted octanol–water partition coefficient (Wildman–Crippen LogP) is 5.54. The Morgan fingerprint density at radius 2 is 1.97 bits per heavy atom. The minimum absolute atomic E-state index is 0.0876. The number of carbonyl (C=O) groups excluding carboxylic acids is 1. The maximum atomic E-state index is 12.3. The lowest BCUT2D eigenvalue weighted by molar-refractivity contribution is -0.183. The highest BCUT2D eigenvalue weighted by Gasteiger charge is 2.80. The number of hydrogen-bond acceptors (Lipinski definition) is 3. The lowest BCUT2D eigenvalue weighted by Gasteiger charge is -2.60. The van der Waals surface area contributed by atoms with Crippen LogP contribution in [0.4, 0.5) is 0 Å². The molecule has 6 aliphatic carbocycles. The molecule has 1 N–H and O–H groups in total. The van der Waals surface area contributed by atoms with E-state index in [1.807, 2.05) is 0 Å². The van der Waals surface area contributed by atoms with E-state index in [0.29, 0.717) is 12.3 Å². The zero-order chi connectivity index (χ0) is 19.5. The predicted molar refractivity (Wildman–Crippen MR) is 111 cm³/mol. The van der Waals surface area contributed by atoms with E-state index in [9.17, 15) is 4.79 Å². The van der Waals surface area contributed by atoms with Crippen LogP contribution in [0.1, 0.15) is 77.6 Å². The summed E-state index contributed by atoms with van der Waals surface area (Å²) in [6.07, 6.45) is 15.5. The van der Waals surface area contributed by atoms with Crippen molar-refractivity contribution in [1.82, 2.24) is 0 Å². The van der Waals surface area contributed by atoms with Crippen LogP contribution in [0.5, 0.6) is 0 Å². The molecular formula is C26H35NO2. The average molecular weight is 394 g/mol. The second-order valence-corrected chi connectivity index (χ2v) is 11.8. The van der Waals surface area contributed by atoms with Crippen LogP contribution in [0, 0.1) is 58.2 Å². The zero-order valence-electron chi connectivity index (χ0n) is 17.8. The second kappa shape index (κ2) is 5.56. The number of hydrogen-bond donors (Lipinski definition) is 1. The van der Waals surface area contributed by atoms with E-state index in [1.165, 1.54) is 51.4 Å². The van der Waals surface area contributed by atoms with Crippen molar-refractivity contribution in [2.75, 3.05) is 0 Å². The number of allylic oxidation sites excluding steroid dienone is 2. The normalized spacial score (nSPS) is 54.9. The number of fused-ring (bicyclic) bond motifs is 9. The monoisotopic (exact) mass is 393 g/mol. The Kier molecular flexibility index (Phi) is 3.37. The van der Waals surface area contributed by atoms with Crippen LogP contribution < -0.4 is 0 Å². The Hall–Kier alpha value is -1.12. The van der Waals surface area contributed by atoms with Gasteiger partial charge in [0.25, 0.3) is 0 Å². The molecule has 0 aromatic carbocycles. The van der Waals surface area contributed by atoms with E-state index in [-0.39, 0.29) is 17.0 Å². The molecule has 0 aromatic rings. The average Bonchev–Trinajstić information content (AvgIpc) is 3.64. The van der Waals surface area contributed by atoms with Gasteiger partial charge in [0, 0.05) is 23.5 Å². The summed E-state index contributed by atoms with van der Waals surface area (Å²) in [6, 6.07) is 0. The third-order valence-electron chi connectivity index (χ3n) is 11.1. The summed E-state index contributed by atoms with van der Waals surface area (Å²) >= 11 is 0. The Balaban J connectivity index is 1.33. The van der Waals surface area contributed by atoms with Crippen molar-refractivity contribution in [2.24, 2.45) is 52.8 Å². The number of esters is 1. The van der Waals surface area contributed by atoms with Crippen LogP contribution in [0.2, 0.25) is 0 Å². The molecule has 0 bridgehead atoms. The summed E-state index contributed by atoms with van der Waals surface area (Å²) in [5.41, 5.74) is 2.69. The van der Waals surface area contributed by atoms with E-state index >= 15 is 0 Å². The Labute approximate surface area is 174 Å². The van der Waals surface area contributed by atoms with Crippen molar-refractivity contribution in [3.63, 3.8) is 0 Å². The van der Waals surface area contributed by atoms with Gasteiger partial charge in [-0.3, -0.25) is 4.79 Å². The molecule has 0 radical (unpaired) electrons. The molecule has 7 aliphatic rings. The molecule has 1 saturated heterocycles. The maximum absolute atomic E-state index is 12.3. The largest absolute Gasteiger partial charge is 0.458 e. The molecule has 6 fully saturated rings. The first kappa shape index (κ1) is 17.5. The smallest absolute Gasteiger partial charge is 0.306 e. The quantitative estimate of drug-likeness (QED) is 0.627. The van der Waals surface area contributed by atoms with Crippen molar-refractivity contribution in [3.05, 3.63) is 11.6 Å². The highest BCUT2D eigenvalue weighted by Crippen LogP contribution is 2.80. The molecule has 3 nitrogen and oxygen atoms in total. The second-order valence-electron chi connectivity index (χ2n) is 11.8. The number of nitrogens with one attached hydrogen (secondary N) is 1. The fraction of sp³-hybridized carbons (Fsp3) is 0.846. The van der Waals surface area contributed by atoms with Gasteiger partial charge in [0.2, 0.25) is 0 Å². The molecule has 1 spiro atoms. The van der Waals surface area contributed by atoms with Gasteiger partial charge in [-0.1, -0.05) is 12.5 Å². The van der Waals surface area contributed by atoms with Gasteiger partial charge in [0.05, 0.1) is 0 Å². The molecule has 9 unspecified atom stereocenters. The topological polar surface area (TPSA) is 50.2 Å². The van der Waals surface area contributed by atoms with Crippen molar-refractivity contribution < 1.29 is 9.53 Å². The summed E-state index contributed by atoms with van der Waals surface area (Å²) in [5, 5.41) is 8.25. The fourth-order valence-electron chi connectivity index (χ4n) is 10.1. The first-order chi connectivity index (χ1) is 14.1. The van der Waals surface area contributed by atoms with Gasteiger partial charge >= 0.3 is 5.97 Å². The minimum atomic E-state index is -0.0992. The Morgan fingerprint density at radius 3 is 2.69 bits per heavy atom. The first-order valence-electron chi connectivity index (χ1n) is 12.6.